The SMILES string of the molecule is CCOc1cccc(-c2nc(Br)c(C)s2)c1. The van der Waals surface area contributed by atoms with E-state index in [0.29, 0.717) is 6.61 Å². The molecule has 0 atom stereocenters. The third-order valence-electron chi connectivity index (χ3n) is 2.13. The van der Waals surface area contributed by atoms with E-state index in [4.69, 9.17) is 4.74 Å². The third-order valence-corrected chi connectivity index (χ3v) is 4.19. The highest BCUT2D eigenvalue weighted by Crippen LogP contribution is 2.31. The zero-order valence-corrected chi connectivity index (χ0v) is 11.6. The van der Waals surface area contributed by atoms with Gasteiger partial charge in [-0.1, -0.05) is 12.1 Å². The van der Waals surface area contributed by atoms with Gasteiger partial charge in [0.1, 0.15) is 15.4 Å². The highest BCUT2D eigenvalue weighted by molar-refractivity contribution is 9.10. The molecule has 0 bridgehead atoms. The first-order valence-electron chi connectivity index (χ1n) is 5.07. The molecule has 4 heteroatoms. The molecule has 2 nitrogen and oxygen atoms in total. The van der Waals surface area contributed by atoms with Gasteiger partial charge in [-0.25, -0.2) is 4.98 Å². The van der Waals surface area contributed by atoms with Gasteiger partial charge in [-0.2, -0.15) is 0 Å². The van der Waals surface area contributed by atoms with E-state index in [9.17, 15) is 0 Å². The van der Waals surface area contributed by atoms with Gasteiger partial charge in [0.15, 0.2) is 0 Å². The Bertz CT molecular complexity index is 476. The highest BCUT2D eigenvalue weighted by atomic mass is 79.9. The minimum absolute atomic E-state index is 0.685. The molecule has 0 radical (unpaired) electrons. The fraction of sp³-hybridized carbons (Fsp3) is 0.250. The number of ether oxygens (including phenoxy) is 1. The predicted molar refractivity (Wildman–Crippen MR) is 71.2 cm³/mol. The molecule has 0 amide bonds. The Balaban J connectivity index is 2.36. The van der Waals surface area contributed by atoms with Crippen LogP contribution in [-0.2, 0) is 0 Å². The smallest absolute Gasteiger partial charge is 0.125 e. The molecular formula is C12H12BrNOS. The topological polar surface area (TPSA) is 22.1 Å². The van der Waals surface area contributed by atoms with Crippen LogP contribution in [0.5, 0.6) is 5.75 Å². The number of benzene rings is 1. The van der Waals surface area contributed by atoms with Crippen LogP contribution < -0.4 is 4.74 Å². The maximum absolute atomic E-state index is 5.47. The van der Waals surface area contributed by atoms with E-state index in [-0.39, 0.29) is 0 Å². The van der Waals surface area contributed by atoms with Gasteiger partial charge in [0.2, 0.25) is 0 Å². The highest BCUT2D eigenvalue weighted by Gasteiger charge is 2.07. The number of rotatable bonds is 3. The third kappa shape index (κ3) is 2.44. The minimum atomic E-state index is 0.685. The number of aromatic nitrogens is 1. The fourth-order valence-electron chi connectivity index (χ4n) is 1.39. The lowest BCUT2D eigenvalue weighted by molar-refractivity contribution is 0.340. The number of halogens is 1. The normalized spacial score (nSPS) is 10.4. The Hall–Kier alpha value is -0.870. The molecule has 0 fully saturated rings. The Kier molecular flexibility index (Phi) is 3.61. The van der Waals surface area contributed by atoms with Crippen molar-refractivity contribution in [3.8, 4) is 16.3 Å². The number of aryl methyl sites for hydroxylation is 1. The second kappa shape index (κ2) is 4.97. The minimum Gasteiger partial charge on any atom is -0.494 e. The molecule has 1 heterocycles. The maximum Gasteiger partial charge on any atom is 0.125 e. The Morgan fingerprint density at radius 2 is 2.25 bits per heavy atom. The van der Waals surface area contributed by atoms with E-state index in [2.05, 4.69) is 27.8 Å². The molecule has 1 aromatic heterocycles. The molecule has 16 heavy (non-hydrogen) atoms. The molecule has 0 saturated heterocycles. The van der Waals surface area contributed by atoms with Crippen molar-refractivity contribution in [2.75, 3.05) is 6.61 Å². The van der Waals surface area contributed by atoms with Gasteiger partial charge >= 0.3 is 0 Å². The van der Waals surface area contributed by atoms with Crippen molar-refractivity contribution >= 4 is 27.3 Å². The first-order valence-corrected chi connectivity index (χ1v) is 6.68. The summed E-state index contributed by atoms with van der Waals surface area (Å²) in [6, 6.07) is 8.02. The Morgan fingerprint density at radius 1 is 1.44 bits per heavy atom. The van der Waals surface area contributed by atoms with Crippen LogP contribution in [0, 0.1) is 6.92 Å². The van der Waals surface area contributed by atoms with Gasteiger partial charge in [-0.05, 0) is 41.9 Å². The summed E-state index contributed by atoms with van der Waals surface area (Å²) in [6.07, 6.45) is 0. The Labute approximate surface area is 107 Å². The van der Waals surface area contributed by atoms with E-state index in [1.165, 1.54) is 4.88 Å². The zero-order chi connectivity index (χ0) is 11.5. The molecule has 84 valence electrons. The quantitative estimate of drug-likeness (QED) is 0.843. The van der Waals surface area contributed by atoms with E-state index >= 15 is 0 Å². The lowest BCUT2D eigenvalue weighted by Gasteiger charge is -2.03. The van der Waals surface area contributed by atoms with Crippen LogP contribution in [0.3, 0.4) is 0 Å². The van der Waals surface area contributed by atoms with Crippen LogP contribution in [0.1, 0.15) is 11.8 Å². The molecular weight excluding hydrogens is 286 g/mol. The monoisotopic (exact) mass is 297 g/mol. The standard InChI is InChI=1S/C12H12BrNOS/c1-3-15-10-6-4-5-9(7-10)12-14-11(13)8(2)16-12/h4-7H,3H2,1-2H3. The summed E-state index contributed by atoms with van der Waals surface area (Å²) in [5.41, 5.74) is 1.10. The van der Waals surface area contributed by atoms with Crippen molar-refractivity contribution < 1.29 is 4.74 Å². The molecule has 2 rings (SSSR count). The van der Waals surface area contributed by atoms with Crippen LogP contribution in [0.25, 0.3) is 10.6 Å². The number of nitrogens with zero attached hydrogens (tertiary/aromatic N) is 1. The van der Waals surface area contributed by atoms with Crippen molar-refractivity contribution in [3.63, 3.8) is 0 Å². The summed E-state index contributed by atoms with van der Waals surface area (Å²) in [6.45, 7) is 4.72. The van der Waals surface area contributed by atoms with Crippen LogP contribution in [0.15, 0.2) is 28.9 Å². The molecule has 0 aliphatic heterocycles. The second-order valence-corrected chi connectivity index (χ2v) is 5.28. The molecule has 0 spiro atoms. The van der Waals surface area contributed by atoms with Crippen LogP contribution in [0.2, 0.25) is 0 Å². The largest absolute Gasteiger partial charge is 0.494 e. The fourth-order valence-corrected chi connectivity index (χ4v) is 2.73. The first-order chi connectivity index (χ1) is 7.70. The number of thiazole rings is 1. The predicted octanol–water partition coefficient (Wildman–Crippen LogP) is 4.28. The van der Waals surface area contributed by atoms with Gasteiger partial charge in [0, 0.05) is 10.4 Å². The molecule has 1 aromatic carbocycles. The molecule has 0 aliphatic rings. The van der Waals surface area contributed by atoms with Crippen molar-refractivity contribution in [2.24, 2.45) is 0 Å². The lowest BCUT2D eigenvalue weighted by atomic mass is 10.2. The zero-order valence-electron chi connectivity index (χ0n) is 9.16. The Morgan fingerprint density at radius 3 is 2.88 bits per heavy atom. The summed E-state index contributed by atoms with van der Waals surface area (Å²) in [7, 11) is 0. The van der Waals surface area contributed by atoms with Gasteiger partial charge in [-0.3, -0.25) is 0 Å². The van der Waals surface area contributed by atoms with Crippen molar-refractivity contribution in [1.82, 2.24) is 4.98 Å². The molecule has 2 aromatic rings. The summed E-state index contributed by atoms with van der Waals surface area (Å²) in [4.78, 5) is 5.65. The van der Waals surface area contributed by atoms with Gasteiger partial charge in [-0.15, -0.1) is 11.3 Å². The summed E-state index contributed by atoms with van der Waals surface area (Å²) in [5.74, 6) is 0.893. The summed E-state index contributed by atoms with van der Waals surface area (Å²) < 4.78 is 6.40. The van der Waals surface area contributed by atoms with Gasteiger partial charge in [0.05, 0.1) is 6.61 Å². The van der Waals surface area contributed by atoms with Crippen molar-refractivity contribution in [3.05, 3.63) is 33.7 Å². The van der Waals surface area contributed by atoms with Crippen LogP contribution in [0.4, 0.5) is 0 Å². The summed E-state index contributed by atoms with van der Waals surface area (Å²) >= 11 is 5.11. The maximum atomic E-state index is 5.47. The van der Waals surface area contributed by atoms with Crippen LogP contribution in [-0.4, -0.2) is 11.6 Å². The second-order valence-electron chi connectivity index (χ2n) is 3.33. The average molecular weight is 298 g/mol. The lowest BCUT2D eigenvalue weighted by Crippen LogP contribution is -1.90. The van der Waals surface area contributed by atoms with E-state index in [1.54, 1.807) is 11.3 Å². The molecule has 0 unspecified atom stereocenters. The summed E-state index contributed by atoms with van der Waals surface area (Å²) in [5, 5.41) is 1.02. The van der Waals surface area contributed by atoms with Gasteiger partial charge < -0.3 is 4.74 Å². The average Bonchev–Trinajstić information content (AvgIpc) is 2.60. The first kappa shape index (κ1) is 11.6. The van der Waals surface area contributed by atoms with E-state index in [1.807, 2.05) is 31.2 Å². The van der Waals surface area contributed by atoms with E-state index in [0.717, 1.165) is 20.9 Å². The van der Waals surface area contributed by atoms with Crippen LogP contribution >= 0.6 is 27.3 Å². The van der Waals surface area contributed by atoms with E-state index < -0.39 is 0 Å². The molecule has 0 N–H and O–H groups in total. The number of hydrogen-bond acceptors (Lipinski definition) is 3. The van der Waals surface area contributed by atoms with Crippen molar-refractivity contribution in [2.45, 2.75) is 13.8 Å². The number of hydrogen-bond donors (Lipinski definition) is 0. The molecule has 0 saturated carbocycles. The van der Waals surface area contributed by atoms with Gasteiger partial charge in [0.25, 0.3) is 0 Å². The molecule has 0 aliphatic carbocycles. The van der Waals surface area contributed by atoms with Crippen molar-refractivity contribution in [1.29, 1.82) is 0 Å².